The van der Waals surface area contributed by atoms with E-state index >= 15 is 0 Å². The minimum atomic E-state index is -1.43. The monoisotopic (exact) mass is 355 g/mol. The number of carbonyl (C=O) groups excluding carboxylic acids is 1. The van der Waals surface area contributed by atoms with Gasteiger partial charge < -0.3 is 9.64 Å². The maximum atomic E-state index is 12.6. The molecule has 2 atom stereocenters. The second-order valence-corrected chi connectivity index (χ2v) is 8.28. The molecule has 1 aromatic heterocycles. The highest BCUT2D eigenvalue weighted by Gasteiger charge is 2.31. The molecule has 0 bridgehead atoms. The van der Waals surface area contributed by atoms with Gasteiger partial charge in [-0.2, -0.15) is 0 Å². The molecule has 2 heterocycles. The number of carbonyl (C=O) groups is 1. The number of amides is 1. The molecule has 8 nitrogen and oxygen atoms in total. The number of nitrogens with zero attached hydrogens (tertiary/aromatic N) is 3. The summed E-state index contributed by atoms with van der Waals surface area (Å²) in [5.41, 5.74) is -0.724. The van der Waals surface area contributed by atoms with Crippen LogP contribution in [0.5, 0.6) is 0 Å². The first-order chi connectivity index (χ1) is 11.2. The van der Waals surface area contributed by atoms with E-state index in [4.69, 9.17) is 4.74 Å². The Kier molecular flexibility index (Phi) is 5.53. The van der Waals surface area contributed by atoms with Gasteiger partial charge in [0.1, 0.15) is 16.8 Å². The highest BCUT2D eigenvalue weighted by Crippen LogP contribution is 2.22. The lowest BCUT2D eigenvalue weighted by molar-refractivity contribution is -0.385. The Hall–Kier alpha value is -2.03. The molecule has 9 heteroatoms. The van der Waals surface area contributed by atoms with Crippen LogP contribution in [0.15, 0.2) is 23.4 Å². The molecular weight excluding hydrogens is 334 g/mol. The first-order valence-electron chi connectivity index (χ1n) is 7.66. The second kappa shape index (κ2) is 7.25. The van der Waals surface area contributed by atoms with Crippen molar-refractivity contribution in [2.45, 2.75) is 49.5 Å². The predicted octanol–water partition coefficient (Wildman–Crippen LogP) is 2.50. The molecule has 0 aromatic carbocycles. The molecule has 0 aliphatic carbocycles. The lowest BCUT2D eigenvalue weighted by Crippen LogP contribution is -2.45. The summed E-state index contributed by atoms with van der Waals surface area (Å²) in [5.74, 6) is 0. The number of likely N-dealkylation sites (tertiary alicyclic amines) is 1. The Morgan fingerprint density at radius 3 is 2.71 bits per heavy atom. The maximum absolute atomic E-state index is 12.6. The van der Waals surface area contributed by atoms with Crippen LogP contribution in [-0.4, -0.2) is 49.0 Å². The zero-order chi connectivity index (χ0) is 17.9. The number of ether oxygens (including phenoxy) is 1. The first-order valence-corrected chi connectivity index (χ1v) is 8.87. The fraction of sp³-hybridized carbons (Fsp3) is 0.600. The van der Waals surface area contributed by atoms with E-state index in [2.05, 4.69) is 4.98 Å². The van der Waals surface area contributed by atoms with Crippen molar-refractivity contribution in [1.82, 2.24) is 9.88 Å². The molecule has 0 N–H and O–H groups in total. The molecule has 0 spiro atoms. The number of pyridine rings is 1. The van der Waals surface area contributed by atoms with Gasteiger partial charge in [0.15, 0.2) is 0 Å². The first kappa shape index (κ1) is 18.3. The van der Waals surface area contributed by atoms with Crippen molar-refractivity contribution in [3.8, 4) is 0 Å². The Morgan fingerprint density at radius 2 is 2.17 bits per heavy atom. The minimum absolute atomic E-state index is 0.144. The Morgan fingerprint density at radius 1 is 1.46 bits per heavy atom. The predicted molar refractivity (Wildman–Crippen MR) is 88.1 cm³/mol. The Labute approximate surface area is 142 Å². The summed E-state index contributed by atoms with van der Waals surface area (Å²) >= 11 is 0. The summed E-state index contributed by atoms with van der Waals surface area (Å²) in [4.78, 5) is 27.7. The van der Waals surface area contributed by atoms with E-state index in [1.165, 1.54) is 12.1 Å². The van der Waals surface area contributed by atoms with Crippen molar-refractivity contribution in [3.63, 3.8) is 0 Å². The largest absolute Gasteiger partial charge is 0.444 e. The molecule has 1 aliphatic rings. The van der Waals surface area contributed by atoms with Crippen molar-refractivity contribution in [2.75, 3.05) is 13.1 Å². The summed E-state index contributed by atoms with van der Waals surface area (Å²) in [6, 6.07) is 2.69. The molecule has 24 heavy (non-hydrogen) atoms. The third-order valence-corrected chi connectivity index (χ3v) is 5.11. The summed E-state index contributed by atoms with van der Waals surface area (Å²) in [7, 11) is -1.43. The number of aromatic nitrogens is 1. The van der Waals surface area contributed by atoms with Gasteiger partial charge in [0.25, 0.3) is 5.69 Å². The van der Waals surface area contributed by atoms with E-state index in [0.717, 1.165) is 12.6 Å². The van der Waals surface area contributed by atoms with Crippen LogP contribution in [0.4, 0.5) is 10.5 Å². The van der Waals surface area contributed by atoms with Crippen LogP contribution >= 0.6 is 0 Å². The van der Waals surface area contributed by atoms with E-state index in [9.17, 15) is 19.1 Å². The fourth-order valence-electron chi connectivity index (χ4n) is 2.38. The second-order valence-electron chi connectivity index (χ2n) is 6.60. The van der Waals surface area contributed by atoms with Crippen molar-refractivity contribution in [1.29, 1.82) is 0 Å². The smallest absolute Gasteiger partial charge is 0.410 e. The SMILES string of the molecule is CC(C)(C)OC(=O)N1CCC[C@@H]([S@@](=O)c2ccc([N+](=O)[O-])cn2)C1. The highest BCUT2D eigenvalue weighted by atomic mass is 32.2. The molecular formula is C15H21N3O5S. The normalized spacial score (nSPS) is 19.6. The van der Waals surface area contributed by atoms with E-state index in [1.54, 1.807) is 25.7 Å². The fourth-order valence-corrected chi connectivity index (χ4v) is 3.77. The average molecular weight is 355 g/mol. The van der Waals surface area contributed by atoms with Crippen LogP contribution < -0.4 is 0 Å². The molecule has 1 aliphatic heterocycles. The van der Waals surface area contributed by atoms with Crippen LogP contribution in [0.3, 0.4) is 0 Å². The van der Waals surface area contributed by atoms with E-state index < -0.39 is 27.4 Å². The van der Waals surface area contributed by atoms with Gasteiger partial charge >= 0.3 is 6.09 Å². The van der Waals surface area contributed by atoms with Crippen LogP contribution in [-0.2, 0) is 15.5 Å². The molecule has 2 rings (SSSR count). The quantitative estimate of drug-likeness (QED) is 0.609. The van der Waals surface area contributed by atoms with Gasteiger partial charge in [0.05, 0.1) is 21.0 Å². The summed E-state index contributed by atoms with van der Waals surface area (Å²) in [6.45, 7) is 6.28. The molecule has 0 radical (unpaired) electrons. The van der Waals surface area contributed by atoms with Gasteiger partial charge in [-0.25, -0.2) is 9.78 Å². The Balaban J connectivity index is 2.04. The molecule has 1 saturated heterocycles. The van der Waals surface area contributed by atoms with Gasteiger partial charge in [-0.05, 0) is 39.7 Å². The number of hydrogen-bond acceptors (Lipinski definition) is 6. The molecule has 0 unspecified atom stereocenters. The van der Waals surface area contributed by atoms with Crippen LogP contribution in [0.1, 0.15) is 33.6 Å². The zero-order valence-corrected chi connectivity index (χ0v) is 14.7. The summed E-state index contributed by atoms with van der Waals surface area (Å²) < 4.78 is 18.0. The van der Waals surface area contributed by atoms with Crippen molar-refractivity contribution in [3.05, 3.63) is 28.4 Å². The van der Waals surface area contributed by atoms with Gasteiger partial charge in [0.2, 0.25) is 0 Å². The number of rotatable bonds is 3. The van der Waals surface area contributed by atoms with Crippen LogP contribution in [0.25, 0.3) is 0 Å². The van der Waals surface area contributed by atoms with Gasteiger partial charge in [-0.15, -0.1) is 0 Å². The van der Waals surface area contributed by atoms with Crippen molar-refractivity contribution >= 4 is 22.6 Å². The number of piperidine rings is 1. The molecule has 0 saturated carbocycles. The van der Waals surface area contributed by atoms with Crippen molar-refractivity contribution in [2.24, 2.45) is 0 Å². The minimum Gasteiger partial charge on any atom is -0.444 e. The number of nitro groups is 1. The molecule has 132 valence electrons. The maximum Gasteiger partial charge on any atom is 0.410 e. The molecule has 1 fully saturated rings. The summed E-state index contributed by atoms with van der Waals surface area (Å²) in [6.07, 6.45) is 2.11. The average Bonchev–Trinajstić information content (AvgIpc) is 2.53. The lowest BCUT2D eigenvalue weighted by atomic mass is 10.1. The van der Waals surface area contributed by atoms with E-state index in [0.29, 0.717) is 19.5 Å². The molecule has 1 amide bonds. The van der Waals surface area contributed by atoms with Gasteiger partial charge in [-0.1, -0.05) is 0 Å². The molecule has 1 aromatic rings. The third kappa shape index (κ3) is 4.73. The van der Waals surface area contributed by atoms with Gasteiger partial charge in [-0.3, -0.25) is 14.3 Å². The summed E-state index contributed by atoms with van der Waals surface area (Å²) in [5, 5.41) is 10.7. The zero-order valence-electron chi connectivity index (χ0n) is 13.9. The third-order valence-electron chi connectivity index (χ3n) is 3.47. The van der Waals surface area contributed by atoms with Crippen LogP contribution in [0.2, 0.25) is 0 Å². The van der Waals surface area contributed by atoms with Gasteiger partial charge in [0, 0.05) is 19.2 Å². The van der Waals surface area contributed by atoms with E-state index in [-0.39, 0.29) is 16.0 Å². The number of hydrogen-bond donors (Lipinski definition) is 0. The lowest BCUT2D eigenvalue weighted by Gasteiger charge is -2.33. The standard InChI is InChI=1S/C15H21N3O5S/c1-15(2,3)23-14(19)17-8-4-5-12(10-17)24(22)13-7-6-11(9-16-13)18(20)21/h6-7,9,12H,4-5,8,10H2,1-3H3/t12-,24-/m1/s1. The highest BCUT2D eigenvalue weighted by molar-refractivity contribution is 7.85. The topological polar surface area (TPSA) is 103 Å². The Bertz CT molecular complexity index is 642. The van der Waals surface area contributed by atoms with Crippen molar-refractivity contribution < 1.29 is 18.7 Å². The van der Waals surface area contributed by atoms with E-state index in [1.807, 2.05) is 0 Å². The van der Waals surface area contributed by atoms with Crippen LogP contribution in [0, 0.1) is 10.1 Å².